The predicted octanol–water partition coefficient (Wildman–Crippen LogP) is 2.19. The average Bonchev–Trinajstić information content (AvgIpc) is 2.39. The molecule has 1 aromatic carbocycles. The predicted molar refractivity (Wildman–Crippen MR) is 75.4 cm³/mol. The molecule has 1 saturated heterocycles. The molecular formula is C14H20BrNO2. The van der Waals surface area contributed by atoms with Gasteiger partial charge in [-0.25, -0.2) is 0 Å². The molecule has 3 nitrogen and oxygen atoms in total. The van der Waals surface area contributed by atoms with E-state index in [-0.39, 0.29) is 6.61 Å². The second-order valence-electron chi connectivity index (χ2n) is 5.02. The minimum Gasteiger partial charge on any atom is -0.396 e. The highest BCUT2D eigenvalue weighted by molar-refractivity contribution is 9.10. The Hall–Kier alpha value is -0.420. The second-order valence-corrected chi connectivity index (χ2v) is 5.93. The SMILES string of the molecule is OCC1CCCN(CC(O)c2ccc(Br)cc2)C1. The Kier molecular flexibility index (Phi) is 5.18. The molecule has 0 aliphatic carbocycles. The summed E-state index contributed by atoms with van der Waals surface area (Å²) in [6.07, 6.45) is 1.76. The zero-order valence-corrected chi connectivity index (χ0v) is 12.0. The van der Waals surface area contributed by atoms with Crippen LogP contribution in [0.1, 0.15) is 24.5 Å². The second kappa shape index (κ2) is 6.66. The Bertz CT molecular complexity index is 369. The summed E-state index contributed by atoms with van der Waals surface area (Å²) in [4.78, 5) is 2.25. The fourth-order valence-electron chi connectivity index (χ4n) is 2.50. The third kappa shape index (κ3) is 3.79. The molecule has 100 valence electrons. The van der Waals surface area contributed by atoms with E-state index < -0.39 is 6.10 Å². The molecule has 1 aliphatic heterocycles. The quantitative estimate of drug-likeness (QED) is 0.895. The van der Waals surface area contributed by atoms with Gasteiger partial charge in [-0.05, 0) is 43.0 Å². The first kappa shape index (κ1) is 14.0. The zero-order valence-electron chi connectivity index (χ0n) is 10.4. The molecule has 0 bridgehead atoms. The molecule has 2 unspecified atom stereocenters. The first-order chi connectivity index (χ1) is 8.69. The smallest absolute Gasteiger partial charge is 0.0916 e. The van der Waals surface area contributed by atoms with Crippen molar-refractivity contribution in [3.05, 3.63) is 34.3 Å². The third-order valence-corrected chi connectivity index (χ3v) is 4.08. The van der Waals surface area contributed by atoms with Crippen molar-refractivity contribution >= 4 is 15.9 Å². The Balaban J connectivity index is 1.90. The van der Waals surface area contributed by atoms with E-state index in [9.17, 15) is 10.2 Å². The summed E-state index contributed by atoms with van der Waals surface area (Å²) in [6, 6.07) is 7.79. The van der Waals surface area contributed by atoms with Gasteiger partial charge in [0.15, 0.2) is 0 Å². The fraction of sp³-hybridized carbons (Fsp3) is 0.571. The minimum absolute atomic E-state index is 0.255. The highest BCUT2D eigenvalue weighted by Crippen LogP contribution is 2.21. The Labute approximate surface area is 117 Å². The molecular weight excluding hydrogens is 294 g/mol. The van der Waals surface area contributed by atoms with Gasteiger partial charge in [-0.2, -0.15) is 0 Å². The molecule has 0 amide bonds. The van der Waals surface area contributed by atoms with E-state index in [2.05, 4.69) is 20.8 Å². The number of hydrogen-bond acceptors (Lipinski definition) is 3. The Morgan fingerprint density at radius 3 is 2.72 bits per heavy atom. The molecule has 0 radical (unpaired) electrons. The maximum Gasteiger partial charge on any atom is 0.0916 e. The van der Waals surface area contributed by atoms with Crippen molar-refractivity contribution in [2.45, 2.75) is 18.9 Å². The van der Waals surface area contributed by atoms with Crippen LogP contribution in [-0.2, 0) is 0 Å². The maximum atomic E-state index is 10.2. The van der Waals surface area contributed by atoms with Gasteiger partial charge in [-0.3, -0.25) is 0 Å². The van der Waals surface area contributed by atoms with Gasteiger partial charge in [0.2, 0.25) is 0 Å². The lowest BCUT2D eigenvalue weighted by Crippen LogP contribution is -2.39. The van der Waals surface area contributed by atoms with Gasteiger partial charge in [-0.1, -0.05) is 28.1 Å². The normalized spacial score (nSPS) is 22.9. The van der Waals surface area contributed by atoms with Crippen molar-refractivity contribution in [2.75, 3.05) is 26.2 Å². The topological polar surface area (TPSA) is 43.7 Å². The summed E-state index contributed by atoms with van der Waals surface area (Å²) in [5.74, 6) is 0.371. The van der Waals surface area contributed by atoms with Crippen molar-refractivity contribution < 1.29 is 10.2 Å². The first-order valence-corrected chi connectivity index (χ1v) is 7.25. The molecule has 0 spiro atoms. The molecule has 2 atom stereocenters. The number of hydrogen-bond donors (Lipinski definition) is 2. The van der Waals surface area contributed by atoms with Crippen LogP contribution in [0.4, 0.5) is 0 Å². The Morgan fingerprint density at radius 2 is 2.06 bits per heavy atom. The van der Waals surface area contributed by atoms with E-state index in [1.807, 2.05) is 24.3 Å². The van der Waals surface area contributed by atoms with Gasteiger partial charge in [0, 0.05) is 24.2 Å². The summed E-state index contributed by atoms with van der Waals surface area (Å²) < 4.78 is 1.02. The van der Waals surface area contributed by atoms with Crippen LogP contribution in [-0.4, -0.2) is 41.4 Å². The van der Waals surface area contributed by atoms with E-state index in [0.29, 0.717) is 12.5 Å². The largest absolute Gasteiger partial charge is 0.396 e. The van der Waals surface area contributed by atoms with Crippen molar-refractivity contribution in [3.63, 3.8) is 0 Å². The lowest BCUT2D eigenvalue weighted by Gasteiger charge is -2.33. The van der Waals surface area contributed by atoms with E-state index in [1.54, 1.807) is 0 Å². The van der Waals surface area contributed by atoms with Crippen LogP contribution in [0.3, 0.4) is 0 Å². The Morgan fingerprint density at radius 1 is 1.33 bits per heavy atom. The van der Waals surface area contributed by atoms with Gasteiger partial charge in [-0.15, -0.1) is 0 Å². The lowest BCUT2D eigenvalue weighted by molar-refractivity contribution is 0.0678. The molecule has 4 heteroatoms. The summed E-state index contributed by atoms with van der Waals surface area (Å²) in [6.45, 7) is 2.82. The van der Waals surface area contributed by atoms with E-state index in [0.717, 1.165) is 36.0 Å². The van der Waals surface area contributed by atoms with Crippen molar-refractivity contribution in [1.82, 2.24) is 4.90 Å². The van der Waals surface area contributed by atoms with Gasteiger partial charge in [0.25, 0.3) is 0 Å². The van der Waals surface area contributed by atoms with E-state index >= 15 is 0 Å². The number of piperidine rings is 1. The third-order valence-electron chi connectivity index (χ3n) is 3.55. The monoisotopic (exact) mass is 313 g/mol. The van der Waals surface area contributed by atoms with Crippen LogP contribution in [0, 0.1) is 5.92 Å². The molecule has 0 aromatic heterocycles. The number of aliphatic hydroxyl groups is 2. The van der Waals surface area contributed by atoms with Crippen molar-refractivity contribution in [1.29, 1.82) is 0 Å². The summed E-state index contributed by atoms with van der Waals surface area (Å²) in [7, 11) is 0. The minimum atomic E-state index is -0.449. The highest BCUT2D eigenvalue weighted by Gasteiger charge is 2.21. The van der Waals surface area contributed by atoms with Crippen molar-refractivity contribution in [3.8, 4) is 0 Å². The van der Waals surface area contributed by atoms with Crippen LogP contribution in [0.2, 0.25) is 0 Å². The van der Waals surface area contributed by atoms with E-state index in [1.165, 1.54) is 0 Å². The van der Waals surface area contributed by atoms with Gasteiger partial charge >= 0.3 is 0 Å². The highest BCUT2D eigenvalue weighted by atomic mass is 79.9. The van der Waals surface area contributed by atoms with Gasteiger partial charge in [0.05, 0.1) is 6.10 Å². The summed E-state index contributed by atoms with van der Waals surface area (Å²) in [5, 5.41) is 19.4. The molecule has 0 saturated carbocycles. The lowest BCUT2D eigenvalue weighted by atomic mass is 9.98. The number of rotatable bonds is 4. The molecule has 1 aliphatic rings. The van der Waals surface area contributed by atoms with E-state index in [4.69, 9.17) is 0 Å². The maximum absolute atomic E-state index is 10.2. The summed E-state index contributed by atoms with van der Waals surface area (Å²) in [5.41, 5.74) is 0.948. The first-order valence-electron chi connectivity index (χ1n) is 6.46. The average molecular weight is 314 g/mol. The molecule has 18 heavy (non-hydrogen) atoms. The molecule has 2 N–H and O–H groups in total. The number of nitrogens with zero attached hydrogens (tertiary/aromatic N) is 1. The van der Waals surface area contributed by atoms with Crippen LogP contribution in [0.5, 0.6) is 0 Å². The summed E-state index contributed by atoms with van der Waals surface area (Å²) >= 11 is 3.39. The van der Waals surface area contributed by atoms with Crippen LogP contribution < -0.4 is 0 Å². The van der Waals surface area contributed by atoms with Gasteiger partial charge < -0.3 is 15.1 Å². The standard InChI is InChI=1S/C14H20BrNO2/c15-13-5-3-12(4-6-13)14(18)9-16-7-1-2-11(8-16)10-17/h3-6,11,14,17-18H,1-2,7-10H2. The fourth-order valence-corrected chi connectivity index (χ4v) is 2.77. The molecule has 1 aromatic rings. The number of benzene rings is 1. The van der Waals surface area contributed by atoms with Crippen LogP contribution >= 0.6 is 15.9 Å². The number of β-amino-alcohol motifs (C(OH)–C–C–N with tert-alkyl or cyclic N) is 1. The van der Waals surface area contributed by atoms with Gasteiger partial charge in [0.1, 0.15) is 0 Å². The number of likely N-dealkylation sites (tertiary alicyclic amines) is 1. The number of aliphatic hydroxyl groups excluding tert-OH is 2. The van der Waals surface area contributed by atoms with Crippen LogP contribution in [0.15, 0.2) is 28.7 Å². The molecule has 1 fully saturated rings. The zero-order chi connectivity index (χ0) is 13.0. The van der Waals surface area contributed by atoms with Crippen molar-refractivity contribution in [2.24, 2.45) is 5.92 Å². The number of halogens is 1. The molecule has 1 heterocycles. The van der Waals surface area contributed by atoms with Crippen LogP contribution in [0.25, 0.3) is 0 Å². The molecule has 2 rings (SSSR count).